The monoisotopic (exact) mass is 317 g/mol. The lowest BCUT2D eigenvalue weighted by Crippen LogP contribution is -2.29. The normalized spacial score (nSPS) is 11.8. The molecule has 0 fully saturated rings. The third-order valence-electron chi connectivity index (χ3n) is 3.56. The van der Waals surface area contributed by atoms with Crippen LogP contribution in [0.5, 0.6) is 5.75 Å². The van der Waals surface area contributed by atoms with Crippen LogP contribution in [0, 0.1) is 0 Å². The predicted molar refractivity (Wildman–Crippen MR) is 89.3 cm³/mol. The first kappa shape index (κ1) is 16.4. The van der Waals surface area contributed by atoms with Gasteiger partial charge in [-0.25, -0.2) is 0 Å². The Balaban J connectivity index is 2.05. The number of nitrogens with one attached hydrogen (secondary N) is 1. The molecule has 22 heavy (non-hydrogen) atoms. The van der Waals surface area contributed by atoms with Crippen molar-refractivity contribution in [3.05, 3.63) is 64.7 Å². The summed E-state index contributed by atoms with van der Waals surface area (Å²) in [5.74, 6) is 0.712. The molecule has 2 aromatic rings. The molecule has 0 heterocycles. The Bertz CT molecular complexity index is 625. The van der Waals surface area contributed by atoms with E-state index in [0.717, 1.165) is 23.3 Å². The smallest absolute Gasteiger partial charge is 0.225 e. The number of hydrogen-bond donors (Lipinski definition) is 1. The molecular weight excluding hydrogens is 298 g/mol. The van der Waals surface area contributed by atoms with E-state index in [-0.39, 0.29) is 11.9 Å². The number of halogens is 1. The Morgan fingerprint density at radius 2 is 1.86 bits per heavy atom. The van der Waals surface area contributed by atoms with Gasteiger partial charge in [-0.1, -0.05) is 48.9 Å². The first-order chi connectivity index (χ1) is 10.6. The first-order valence-corrected chi connectivity index (χ1v) is 7.68. The van der Waals surface area contributed by atoms with Crippen LogP contribution < -0.4 is 10.1 Å². The molecule has 0 aliphatic heterocycles. The number of methoxy groups -OCH3 is 1. The zero-order valence-electron chi connectivity index (χ0n) is 12.8. The van der Waals surface area contributed by atoms with Gasteiger partial charge in [0, 0.05) is 10.6 Å². The molecule has 116 valence electrons. The first-order valence-electron chi connectivity index (χ1n) is 7.30. The van der Waals surface area contributed by atoms with Crippen molar-refractivity contribution in [1.82, 2.24) is 5.32 Å². The van der Waals surface area contributed by atoms with E-state index < -0.39 is 0 Å². The number of rotatable bonds is 6. The van der Waals surface area contributed by atoms with Gasteiger partial charge in [-0.05, 0) is 30.2 Å². The summed E-state index contributed by atoms with van der Waals surface area (Å²) in [6.07, 6.45) is 1.12. The van der Waals surface area contributed by atoms with Crippen LogP contribution in [0.25, 0.3) is 0 Å². The van der Waals surface area contributed by atoms with Crippen LogP contribution >= 0.6 is 11.6 Å². The molecule has 1 atom stereocenters. The third-order valence-corrected chi connectivity index (χ3v) is 3.81. The van der Waals surface area contributed by atoms with Crippen LogP contribution in [0.1, 0.15) is 30.5 Å². The van der Waals surface area contributed by atoms with E-state index in [1.54, 1.807) is 7.11 Å². The van der Waals surface area contributed by atoms with E-state index in [4.69, 9.17) is 16.3 Å². The van der Waals surface area contributed by atoms with Crippen LogP contribution in [-0.2, 0) is 11.2 Å². The maximum absolute atomic E-state index is 12.3. The van der Waals surface area contributed by atoms with Crippen LogP contribution in [0.2, 0.25) is 5.02 Å². The molecule has 0 aliphatic carbocycles. The number of hydrogen-bond acceptors (Lipinski definition) is 2. The summed E-state index contributed by atoms with van der Waals surface area (Å²) in [6.45, 7) is 2.04. The molecule has 2 aromatic carbocycles. The van der Waals surface area contributed by atoms with Gasteiger partial charge >= 0.3 is 0 Å². The number of amides is 1. The summed E-state index contributed by atoms with van der Waals surface area (Å²) in [5, 5.41) is 3.76. The SMILES string of the molecule is CCC(NC(=O)Cc1ccccc1OC)c1ccc(Cl)cc1. The van der Waals surface area contributed by atoms with Crippen molar-refractivity contribution < 1.29 is 9.53 Å². The molecule has 0 aromatic heterocycles. The average Bonchev–Trinajstić information content (AvgIpc) is 2.54. The van der Waals surface area contributed by atoms with Gasteiger partial charge in [0.15, 0.2) is 0 Å². The van der Waals surface area contributed by atoms with Crippen molar-refractivity contribution >= 4 is 17.5 Å². The molecule has 0 saturated heterocycles. The maximum Gasteiger partial charge on any atom is 0.225 e. The highest BCUT2D eigenvalue weighted by molar-refractivity contribution is 6.30. The van der Waals surface area contributed by atoms with Crippen molar-refractivity contribution in [1.29, 1.82) is 0 Å². The summed E-state index contributed by atoms with van der Waals surface area (Å²) >= 11 is 5.90. The standard InChI is InChI=1S/C18H20ClNO2/c1-3-16(13-8-10-15(19)11-9-13)20-18(21)12-14-6-4-5-7-17(14)22-2/h4-11,16H,3,12H2,1-2H3,(H,20,21). The minimum absolute atomic E-state index is 0.0144. The number of para-hydroxylation sites is 1. The van der Waals surface area contributed by atoms with Gasteiger partial charge in [0.2, 0.25) is 5.91 Å². The molecule has 1 amide bonds. The summed E-state index contributed by atoms with van der Waals surface area (Å²) in [6, 6.07) is 15.1. The molecular formula is C18H20ClNO2. The number of carbonyl (C=O) groups is 1. The molecule has 0 radical (unpaired) electrons. The fourth-order valence-electron chi connectivity index (χ4n) is 2.38. The topological polar surface area (TPSA) is 38.3 Å². The van der Waals surface area contributed by atoms with Gasteiger partial charge in [0.05, 0.1) is 19.6 Å². The lowest BCUT2D eigenvalue weighted by Gasteiger charge is -2.18. The van der Waals surface area contributed by atoms with Gasteiger partial charge in [0.25, 0.3) is 0 Å². The quantitative estimate of drug-likeness (QED) is 0.868. The van der Waals surface area contributed by atoms with E-state index in [1.165, 1.54) is 0 Å². The third kappa shape index (κ3) is 4.25. The van der Waals surface area contributed by atoms with Crippen molar-refractivity contribution in [2.24, 2.45) is 0 Å². The van der Waals surface area contributed by atoms with Crippen LogP contribution in [0.15, 0.2) is 48.5 Å². The summed E-state index contributed by atoms with van der Waals surface area (Å²) in [7, 11) is 1.61. The van der Waals surface area contributed by atoms with E-state index in [1.807, 2.05) is 55.5 Å². The molecule has 0 spiro atoms. The Kier molecular flexibility index (Phi) is 5.84. The van der Waals surface area contributed by atoms with E-state index >= 15 is 0 Å². The Morgan fingerprint density at radius 1 is 1.18 bits per heavy atom. The van der Waals surface area contributed by atoms with Gasteiger partial charge < -0.3 is 10.1 Å². The minimum atomic E-state index is -0.0219. The summed E-state index contributed by atoms with van der Waals surface area (Å²) < 4.78 is 5.28. The predicted octanol–water partition coefficient (Wildman–Crippen LogP) is 4.16. The van der Waals surface area contributed by atoms with Crippen LogP contribution in [0.4, 0.5) is 0 Å². The fourth-order valence-corrected chi connectivity index (χ4v) is 2.51. The zero-order chi connectivity index (χ0) is 15.9. The second kappa shape index (κ2) is 7.85. The van der Waals surface area contributed by atoms with E-state index in [0.29, 0.717) is 11.4 Å². The lowest BCUT2D eigenvalue weighted by atomic mass is 10.0. The second-order valence-corrected chi connectivity index (χ2v) is 5.50. The zero-order valence-corrected chi connectivity index (χ0v) is 13.6. The highest BCUT2D eigenvalue weighted by atomic mass is 35.5. The van der Waals surface area contributed by atoms with Crippen molar-refractivity contribution in [2.45, 2.75) is 25.8 Å². The fraction of sp³-hybridized carbons (Fsp3) is 0.278. The minimum Gasteiger partial charge on any atom is -0.496 e. The maximum atomic E-state index is 12.3. The Labute approximate surface area is 136 Å². The van der Waals surface area contributed by atoms with Crippen LogP contribution in [0.3, 0.4) is 0 Å². The molecule has 4 heteroatoms. The second-order valence-electron chi connectivity index (χ2n) is 5.07. The number of carbonyl (C=O) groups excluding carboxylic acids is 1. The van der Waals surface area contributed by atoms with Crippen LogP contribution in [-0.4, -0.2) is 13.0 Å². The molecule has 1 N–H and O–H groups in total. The molecule has 0 aliphatic rings. The van der Waals surface area contributed by atoms with Gasteiger partial charge in [-0.2, -0.15) is 0 Å². The van der Waals surface area contributed by atoms with Gasteiger partial charge in [0.1, 0.15) is 5.75 Å². The highest BCUT2D eigenvalue weighted by Gasteiger charge is 2.14. The molecule has 3 nitrogen and oxygen atoms in total. The Morgan fingerprint density at radius 3 is 2.50 bits per heavy atom. The lowest BCUT2D eigenvalue weighted by molar-refractivity contribution is -0.121. The van der Waals surface area contributed by atoms with E-state index in [9.17, 15) is 4.79 Å². The Hall–Kier alpha value is -2.00. The number of benzene rings is 2. The largest absolute Gasteiger partial charge is 0.496 e. The number of ether oxygens (including phenoxy) is 1. The molecule has 0 bridgehead atoms. The van der Waals surface area contributed by atoms with Gasteiger partial charge in [-0.3, -0.25) is 4.79 Å². The van der Waals surface area contributed by atoms with Gasteiger partial charge in [-0.15, -0.1) is 0 Å². The average molecular weight is 318 g/mol. The molecule has 1 unspecified atom stereocenters. The van der Waals surface area contributed by atoms with Crippen molar-refractivity contribution in [2.75, 3.05) is 7.11 Å². The van der Waals surface area contributed by atoms with Crippen molar-refractivity contribution in [3.63, 3.8) is 0 Å². The summed E-state index contributed by atoms with van der Waals surface area (Å²) in [4.78, 5) is 12.3. The van der Waals surface area contributed by atoms with Crippen molar-refractivity contribution in [3.8, 4) is 5.75 Å². The molecule has 2 rings (SSSR count). The summed E-state index contributed by atoms with van der Waals surface area (Å²) in [5.41, 5.74) is 1.94. The molecule has 0 saturated carbocycles. The van der Waals surface area contributed by atoms with E-state index in [2.05, 4.69) is 5.32 Å². The highest BCUT2D eigenvalue weighted by Crippen LogP contribution is 2.21.